The van der Waals surface area contributed by atoms with Crippen LogP contribution in [0.4, 0.5) is 5.69 Å². The fourth-order valence-corrected chi connectivity index (χ4v) is 4.26. The lowest BCUT2D eigenvalue weighted by molar-refractivity contribution is -0.140. The number of anilines is 1. The first-order valence-electron chi connectivity index (χ1n) is 11.9. The van der Waals surface area contributed by atoms with Gasteiger partial charge in [-0.1, -0.05) is 85.1 Å². The minimum atomic E-state index is -1.38. The maximum Gasteiger partial charge on any atom is 0.343 e. The molecule has 0 heterocycles. The number of aliphatic carboxylic acids is 2. The van der Waals surface area contributed by atoms with E-state index in [1.54, 1.807) is 6.07 Å². The van der Waals surface area contributed by atoms with E-state index in [1.165, 1.54) is 0 Å². The van der Waals surface area contributed by atoms with E-state index in [2.05, 4.69) is 27.7 Å². The molecule has 5 heteroatoms. The molecule has 0 aromatic heterocycles. The second-order valence-corrected chi connectivity index (χ2v) is 8.62. The molecule has 0 saturated heterocycles. The van der Waals surface area contributed by atoms with Gasteiger partial charge in [-0.05, 0) is 53.5 Å². The van der Waals surface area contributed by atoms with Gasteiger partial charge in [0.05, 0.1) is 0 Å². The zero-order chi connectivity index (χ0) is 23.4. The summed E-state index contributed by atoms with van der Waals surface area (Å²) in [5.74, 6) is -2.06. The Kier molecular flexibility index (Phi) is 12.0. The van der Waals surface area contributed by atoms with Crippen molar-refractivity contribution in [1.29, 1.82) is 0 Å². The number of carboxylic acid groups (broad SMARTS) is 2. The Morgan fingerprint density at radius 2 is 1.45 bits per heavy atom. The van der Waals surface area contributed by atoms with Gasteiger partial charge in [0.15, 0.2) is 0 Å². The molecule has 2 unspecified atom stereocenters. The minimum Gasteiger partial charge on any atom is -0.477 e. The normalized spacial score (nSPS) is 12.9. The number of nitrogen functional groups attached to an aromatic ring is 1. The molecule has 0 saturated carbocycles. The molecule has 4 N–H and O–H groups in total. The molecular formula is C26H41NO4. The fourth-order valence-electron chi connectivity index (χ4n) is 4.26. The Labute approximate surface area is 187 Å². The third-order valence-electron chi connectivity index (χ3n) is 6.27. The average molecular weight is 432 g/mol. The zero-order valence-corrected chi connectivity index (χ0v) is 19.7. The Hall–Kier alpha value is -2.30. The van der Waals surface area contributed by atoms with Gasteiger partial charge >= 0.3 is 11.9 Å². The van der Waals surface area contributed by atoms with E-state index >= 15 is 0 Å². The van der Waals surface area contributed by atoms with E-state index in [4.69, 9.17) is 5.73 Å². The van der Waals surface area contributed by atoms with Crippen LogP contribution in [0.15, 0.2) is 23.8 Å². The quantitative estimate of drug-likeness (QED) is 0.126. The number of hydrogen-bond acceptors (Lipinski definition) is 3. The van der Waals surface area contributed by atoms with Gasteiger partial charge in [0, 0.05) is 5.69 Å². The smallest absolute Gasteiger partial charge is 0.343 e. The Morgan fingerprint density at radius 1 is 0.903 bits per heavy atom. The van der Waals surface area contributed by atoms with Crippen molar-refractivity contribution in [3.05, 3.63) is 34.9 Å². The number of allylic oxidation sites excluding steroid dienone is 1. The summed E-state index contributed by atoms with van der Waals surface area (Å²) in [6.07, 6.45) is 9.56. The third kappa shape index (κ3) is 8.39. The lowest BCUT2D eigenvalue weighted by Crippen LogP contribution is -2.17. The van der Waals surface area contributed by atoms with Gasteiger partial charge < -0.3 is 15.9 Å². The van der Waals surface area contributed by atoms with Crippen LogP contribution in [0, 0.1) is 11.8 Å². The first kappa shape index (κ1) is 26.7. The largest absolute Gasteiger partial charge is 0.477 e. The summed E-state index contributed by atoms with van der Waals surface area (Å²) in [5, 5.41) is 19.5. The molecule has 0 aliphatic heterocycles. The van der Waals surface area contributed by atoms with E-state index in [0.717, 1.165) is 68.9 Å². The molecule has 0 aliphatic carbocycles. The van der Waals surface area contributed by atoms with Gasteiger partial charge in [0.1, 0.15) is 5.57 Å². The molecule has 0 aliphatic rings. The first-order valence-corrected chi connectivity index (χ1v) is 11.9. The summed E-state index contributed by atoms with van der Waals surface area (Å²) in [6.45, 7) is 8.55. The summed E-state index contributed by atoms with van der Waals surface area (Å²) in [7, 11) is 0. The van der Waals surface area contributed by atoms with E-state index in [-0.39, 0.29) is 5.92 Å². The lowest BCUT2D eigenvalue weighted by atomic mass is 9.82. The SMILES string of the molecule is CCCCC(CC)CC(=C(C(=O)O)C(=O)O)c1ccc(N)cc1CC(CC)CCCC. The molecule has 1 rings (SSSR count). The van der Waals surface area contributed by atoms with Crippen molar-refractivity contribution in [2.24, 2.45) is 11.8 Å². The molecule has 0 amide bonds. The van der Waals surface area contributed by atoms with Crippen molar-refractivity contribution in [3.8, 4) is 0 Å². The van der Waals surface area contributed by atoms with E-state index in [0.29, 0.717) is 23.6 Å². The molecule has 174 valence electrons. The first-order chi connectivity index (χ1) is 14.8. The standard InChI is InChI=1S/C26H41NO4/c1-5-9-11-18(7-3)15-20-17-21(27)13-14-22(20)23(24(25(28)29)26(30)31)16-19(8-4)12-10-6-2/h13-14,17-19H,5-12,15-16,27H2,1-4H3,(H,28,29)(H,30,31). The van der Waals surface area contributed by atoms with E-state index < -0.39 is 17.5 Å². The number of benzene rings is 1. The van der Waals surface area contributed by atoms with Crippen molar-refractivity contribution in [3.63, 3.8) is 0 Å². The number of rotatable bonds is 15. The van der Waals surface area contributed by atoms with Gasteiger partial charge in [0.2, 0.25) is 0 Å². The zero-order valence-electron chi connectivity index (χ0n) is 19.7. The Balaban J connectivity index is 3.55. The van der Waals surface area contributed by atoms with E-state index in [9.17, 15) is 19.8 Å². The van der Waals surface area contributed by atoms with Crippen LogP contribution in [0.25, 0.3) is 5.57 Å². The van der Waals surface area contributed by atoms with Crippen molar-refractivity contribution >= 4 is 23.2 Å². The number of carbonyl (C=O) groups is 2. The molecule has 5 nitrogen and oxygen atoms in total. The van der Waals surface area contributed by atoms with Gasteiger partial charge in [-0.2, -0.15) is 0 Å². The van der Waals surface area contributed by atoms with Crippen LogP contribution < -0.4 is 5.73 Å². The highest BCUT2D eigenvalue weighted by Crippen LogP contribution is 2.35. The minimum absolute atomic E-state index is 0.246. The Bertz CT molecular complexity index is 738. The van der Waals surface area contributed by atoms with Crippen LogP contribution in [-0.4, -0.2) is 22.2 Å². The summed E-state index contributed by atoms with van der Waals surface area (Å²) in [5.41, 5.74) is 8.32. The molecule has 0 fully saturated rings. The maximum atomic E-state index is 12.0. The van der Waals surface area contributed by atoms with Crippen molar-refractivity contribution < 1.29 is 19.8 Å². The van der Waals surface area contributed by atoms with Crippen LogP contribution in [0.5, 0.6) is 0 Å². The summed E-state index contributed by atoms with van der Waals surface area (Å²) < 4.78 is 0. The monoisotopic (exact) mass is 431 g/mol. The van der Waals surface area contributed by atoms with Crippen molar-refractivity contribution in [2.45, 2.75) is 91.9 Å². The van der Waals surface area contributed by atoms with Gasteiger partial charge in [-0.3, -0.25) is 0 Å². The van der Waals surface area contributed by atoms with Crippen molar-refractivity contribution in [2.75, 3.05) is 5.73 Å². The van der Waals surface area contributed by atoms with Crippen molar-refractivity contribution in [1.82, 2.24) is 0 Å². The Morgan fingerprint density at radius 3 is 1.94 bits per heavy atom. The molecule has 0 radical (unpaired) electrons. The number of carboxylic acids is 2. The highest BCUT2D eigenvalue weighted by molar-refractivity contribution is 6.18. The molecule has 31 heavy (non-hydrogen) atoms. The number of nitrogens with two attached hydrogens (primary N) is 1. The predicted molar refractivity (Wildman–Crippen MR) is 128 cm³/mol. The molecule has 2 atom stereocenters. The molecule has 0 bridgehead atoms. The highest BCUT2D eigenvalue weighted by Gasteiger charge is 2.27. The summed E-state index contributed by atoms with van der Waals surface area (Å²) in [4.78, 5) is 23.9. The van der Waals surface area contributed by atoms with Crippen LogP contribution in [0.2, 0.25) is 0 Å². The van der Waals surface area contributed by atoms with Crippen LogP contribution in [0.1, 0.15) is 96.6 Å². The fraction of sp³-hybridized carbons (Fsp3) is 0.615. The average Bonchev–Trinajstić information content (AvgIpc) is 2.72. The van der Waals surface area contributed by atoms with Gasteiger partial charge in [0.25, 0.3) is 0 Å². The predicted octanol–water partition coefficient (Wildman–Crippen LogP) is 6.56. The second-order valence-electron chi connectivity index (χ2n) is 8.62. The lowest BCUT2D eigenvalue weighted by Gasteiger charge is -2.23. The molecule has 1 aromatic carbocycles. The van der Waals surface area contributed by atoms with Crippen LogP contribution in [-0.2, 0) is 16.0 Å². The second kappa shape index (κ2) is 13.9. The van der Waals surface area contributed by atoms with Crippen LogP contribution >= 0.6 is 0 Å². The molecule has 1 aromatic rings. The summed E-state index contributed by atoms with van der Waals surface area (Å²) >= 11 is 0. The summed E-state index contributed by atoms with van der Waals surface area (Å²) in [6, 6.07) is 5.48. The maximum absolute atomic E-state index is 12.0. The van der Waals surface area contributed by atoms with Gasteiger partial charge in [-0.15, -0.1) is 0 Å². The number of unbranched alkanes of at least 4 members (excludes halogenated alkanes) is 2. The van der Waals surface area contributed by atoms with Gasteiger partial charge in [-0.25, -0.2) is 9.59 Å². The third-order valence-corrected chi connectivity index (χ3v) is 6.27. The number of hydrogen-bond donors (Lipinski definition) is 3. The highest BCUT2D eigenvalue weighted by atomic mass is 16.4. The van der Waals surface area contributed by atoms with Crippen LogP contribution in [0.3, 0.4) is 0 Å². The van der Waals surface area contributed by atoms with E-state index in [1.807, 2.05) is 12.1 Å². The molecular weight excluding hydrogens is 390 g/mol. The molecule has 0 spiro atoms. The topological polar surface area (TPSA) is 101 Å².